The molecule has 0 amide bonds. The van der Waals surface area contributed by atoms with Crippen LogP contribution in [0.5, 0.6) is 0 Å². The fourth-order valence-corrected chi connectivity index (χ4v) is 2.02. The molecule has 104 valence electrons. The fourth-order valence-electron chi connectivity index (χ4n) is 2.02. The Balaban J connectivity index is 2.52. The highest BCUT2D eigenvalue weighted by atomic mass is 19.4. The quantitative estimate of drug-likeness (QED) is 0.932. The van der Waals surface area contributed by atoms with Crippen LogP contribution in [0.4, 0.5) is 13.2 Å². The van der Waals surface area contributed by atoms with Crippen LogP contribution in [0, 0.1) is 0 Å². The number of fused-ring (bicyclic) bond motifs is 1. The van der Waals surface area contributed by atoms with Crippen LogP contribution in [0.1, 0.15) is 19.7 Å². The first-order valence-electron chi connectivity index (χ1n) is 5.95. The Morgan fingerprint density at radius 2 is 1.84 bits per heavy atom. The maximum atomic E-state index is 12.7. The van der Waals surface area contributed by atoms with Gasteiger partial charge in [-0.25, -0.2) is 4.98 Å². The predicted molar refractivity (Wildman–Crippen MR) is 67.8 cm³/mol. The number of rotatable bonds is 3. The van der Waals surface area contributed by atoms with E-state index in [9.17, 15) is 13.2 Å². The molecule has 2 aromatic rings. The molecule has 0 atom stereocenters. The number of aromatic nitrogens is 2. The van der Waals surface area contributed by atoms with E-state index in [0.29, 0.717) is 16.9 Å². The largest absolute Gasteiger partial charge is 0.406 e. The molecule has 0 fully saturated rings. The molecule has 0 bridgehead atoms. The molecule has 19 heavy (non-hydrogen) atoms. The van der Waals surface area contributed by atoms with Crippen molar-refractivity contribution in [1.29, 1.82) is 0 Å². The van der Waals surface area contributed by atoms with Crippen molar-refractivity contribution in [3.8, 4) is 0 Å². The molecule has 0 spiro atoms. The molecule has 3 nitrogen and oxygen atoms in total. The molecule has 0 aliphatic rings. The molecule has 1 aromatic carbocycles. The van der Waals surface area contributed by atoms with Crippen LogP contribution in [0.15, 0.2) is 24.3 Å². The zero-order valence-corrected chi connectivity index (χ0v) is 10.8. The summed E-state index contributed by atoms with van der Waals surface area (Å²) in [5.74, 6) is 0.367. The summed E-state index contributed by atoms with van der Waals surface area (Å²) in [7, 11) is 0. The summed E-state index contributed by atoms with van der Waals surface area (Å²) < 4.78 is 39.2. The van der Waals surface area contributed by atoms with Crippen LogP contribution in [0.25, 0.3) is 11.0 Å². The number of hydrogen-bond donors (Lipinski definition) is 1. The summed E-state index contributed by atoms with van der Waals surface area (Å²) >= 11 is 0. The maximum absolute atomic E-state index is 12.7. The molecule has 0 unspecified atom stereocenters. The number of para-hydroxylation sites is 2. The second kappa shape index (κ2) is 4.52. The lowest BCUT2D eigenvalue weighted by atomic mass is 10.0. The van der Waals surface area contributed by atoms with Crippen molar-refractivity contribution in [2.24, 2.45) is 5.73 Å². The number of hydrogen-bond acceptors (Lipinski definition) is 2. The molecule has 6 heteroatoms. The van der Waals surface area contributed by atoms with E-state index >= 15 is 0 Å². The van der Waals surface area contributed by atoms with Crippen molar-refractivity contribution < 1.29 is 13.2 Å². The van der Waals surface area contributed by atoms with Crippen molar-refractivity contribution in [2.75, 3.05) is 0 Å². The Hall–Kier alpha value is -1.56. The first-order chi connectivity index (χ1) is 8.66. The van der Waals surface area contributed by atoms with Gasteiger partial charge in [-0.15, -0.1) is 0 Å². The summed E-state index contributed by atoms with van der Waals surface area (Å²) in [4.78, 5) is 4.27. The van der Waals surface area contributed by atoms with E-state index in [1.807, 2.05) is 0 Å². The molecule has 1 heterocycles. The number of benzene rings is 1. The Labute approximate surface area is 109 Å². The highest BCUT2D eigenvalue weighted by Gasteiger charge is 2.31. The van der Waals surface area contributed by atoms with E-state index in [1.54, 1.807) is 38.1 Å². The van der Waals surface area contributed by atoms with Crippen LogP contribution in [-0.4, -0.2) is 21.3 Å². The van der Waals surface area contributed by atoms with Crippen LogP contribution in [-0.2, 0) is 13.0 Å². The third-order valence-corrected chi connectivity index (χ3v) is 2.68. The summed E-state index contributed by atoms with van der Waals surface area (Å²) in [6.45, 7) is 2.49. The van der Waals surface area contributed by atoms with Crippen LogP contribution >= 0.6 is 0 Å². The lowest BCUT2D eigenvalue weighted by Gasteiger charge is -2.19. The second-order valence-electron chi connectivity index (χ2n) is 5.38. The van der Waals surface area contributed by atoms with Gasteiger partial charge in [0.2, 0.25) is 0 Å². The van der Waals surface area contributed by atoms with Gasteiger partial charge in [-0.3, -0.25) is 0 Å². The Bertz CT molecular complexity index is 579. The standard InChI is InChI=1S/C13H16F3N3/c1-12(2,17)7-11-18-9-5-3-4-6-10(9)19(11)8-13(14,15)16/h3-6H,7-8,17H2,1-2H3. The molecule has 0 aliphatic carbocycles. The minimum atomic E-state index is -4.28. The van der Waals surface area contributed by atoms with Crippen molar-refractivity contribution in [3.63, 3.8) is 0 Å². The Morgan fingerprint density at radius 1 is 1.21 bits per heavy atom. The average molecular weight is 271 g/mol. The Morgan fingerprint density at radius 3 is 2.42 bits per heavy atom. The zero-order valence-electron chi connectivity index (χ0n) is 10.8. The zero-order chi connectivity index (χ0) is 14.3. The van der Waals surface area contributed by atoms with E-state index in [2.05, 4.69) is 4.98 Å². The van der Waals surface area contributed by atoms with Gasteiger partial charge in [0, 0.05) is 12.0 Å². The SMILES string of the molecule is CC(C)(N)Cc1nc2ccccc2n1CC(F)(F)F. The van der Waals surface area contributed by atoms with E-state index in [-0.39, 0.29) is 6.42 Å². The van der Waals surface area contributed by atoms with E-state index in [4.69, 9.17) is 5.73 Å². The lowest BCUT2D eigenvalue weighted by Crippen LogP contribution is -2.36. The third kappa shape index (κ3) is 3.47. The van der Waals surface area contributed by atoms with Crippen molar-refractivity contribution in [2.45, 2.75) is 38.5 Å². The first kappa shape index (κ1) is 13.9. The van der Waals surface area contributed by atoms with Crippen molar-refractivity contribution >= 4 is 11.0 Å². The van der Waals surface area contributed by atoms with Gasteiger partial charge >= 0.3 is 6.18 Å². The van der Waals surface area contributed by atoms with Gasteiger partial charge in [-0.1, -0.05) is 12.1 Å². The van der Waals surface area contributed by atoms with Crippen LogP contribution in [0.2, 0.25) is 0 Å². The van der Waals surface area contributed by atoms with E-state index in [0.717, 1.165) is 0 Å². The van der Waals surface area contributed by atoms with Gasteiger partial charge in [0.25, 0.3) is 0 Å². The van der Waals surface area contributed by atoms with Gasteiger partial charge in [-0.05, 0) is 26.0 Å². The molecule has 0 saturated carbocycles. The fraction of sp³-hybridized carbons (Fsp3) is 0.462. The van der Waals surface area contributed by atoms with E-state index in [1.165, 1.54) is 4.57 Å². The van der Waals surface area contributed by atoms with Gasteiger partial charge in [-0.2, -0.15) is 13.2 Å². The van der Waals surface area contributed by atoms with Crippen LogP contribution in [0.3, 0.4) is 0 Å². The van der Waals surface area contributed by atoms with Crippen LogP contribution < -0.4 is 5.73 Å². The normalized spacial score (nSPS) is 13.2. The lowest BCUT2D eigenvalue weighted by molar-refractivity contribution is -0.140. The topological polar surface area (TPSA) is 43.8 Å². The summed E-state index contributed by atoms with van der Waals surface area (Å²) in [5.41, 5.74) is 6.33. The number of nitrogens with two attached hydrogens (primary N) is 1. The van der Waals surface area contributed by atoms with Gasteiger partial charge in [0.1, 0.15) is 12.4 Å². The number of halogens is 3. The molecule has 0 aliphatic heterocycles. The molecule has 0 saturated heterocycles. The second-order valence-corrected chi connectivity index (χ2v) is 5.38. The number of nitrogens with zero attached hydrogens (tertiary/aromatic N) is 2. The highest BCUT2D eigenvalue weighted by Crippen LogP contribution is 2.24. The molecule has 0 radical (unpaired) electrons. The van der Waals surface area contributed by atoms with Gasteiger partial charge in [0.15, 0.2) is 0 Å². The molecular formula is C13H16F3N3. The monoisotopic (exact) mass is 271 g/mol. The number of alkyl halides is 3. The summed E-state index contributed by atoms with van der Waals surface area (Å²) in [5, 5.41) is 0. The smallest absolute Gasteiger partial charge is 0.325 e. The third-order valence-electron chi connectivity index (χ3n) is 2.68. The van der Waals surface area contributed by atoms with Crippen molar-refractivity contribution in [1.82, 2.24) is 9.55 Å². The minimum absolute atomic E-state index is 0.289. The molecular weight excluding hydrogens is 255 g/mol. The molecule has 2 N–H and O–H groups in total. The Kier molecular flexibility index (Phi) is 3.30. The summed E-state index contributed by atoms with van der Waals surface area (Å²) in [6.07, 6.45) is -3.99. The first-order valence-corrected chi connectivity index (χ1v) is 5.95. The predicted octanol–water partition coefficient (Wildman–Crippen LogP) is 2.88. The van der Waals surface area contributed by atoms with Gasteiger partial charge < -0.3 is 10.3 Å². The maximum Gasteiger partial charge on any atom is 0.406 e. The number of imidazole rings is 1. The molecule has 1 aromatic heterocycles. The molecule has 2 rings (SSSR count). The van der Waals surface area contributed by atoms with Crippen molar-refractivity contribution in [3.05, 3.63) is 30.1 Å². The van der Waals surface area contributed by atoms with E-state index < -0.39 is 18.3 Å². The summed E-state index contributed by atoms with van der Waals surface area (Å²) in [6, 6.07) is 6.80. The highest BCUT2D eigenvalue weighted by molar-refractivity contribution is 5.75. The van der Waals surface area contributed by atoms with Gasteiger partial charge in [0.05, 0.1) is 11.0 Å². The average Bonchev–Trinajstić information content (AvgIpc) is 2.52. The minimum Gasteiger partial charge on any atom is -0.325 e.